The maximum atomic E-state index is 13.8. The number of hydrogen-bond donors (Lipinski definition) is 4. The summed E-state index contributed by atoms with van der Waals surface area (Å²) in [5, 5.41) is 13.3. The van der Waals surface area contributed by atoms with Crippen LogP contribution in [0.2, 0.25) is 0 Å². The molecule has 178 valence electrons. The molecule has 0 heterocycles. The first-order valence-electron chi connectivity index (χ1n) is 11.0. The Kier molecular flexibility index (Phi) is 6.63. The standard InChI is InChI=1S/C23H29N3O5S2/c1-23(2,28)17-8-5-9-18(13-17)33(31,24-14-32(29)30)26-22(27)25-21-19-10-3-6-15(19)12-16-7-4-11-20(16)21/h5,8-9,12-13,28H,3-4,6-7,10-11,14H2,1-2H3,(H,29,30)(H2,24,25,26,27,31). The minimum atomic E-state index is -3.59. The topological polar surface area (TPSA) is 128 Å². The molecule has 0 aromatic heterocycles. The number of aliphatic hydroxyl groups is 1. The molecule has 8 nitrogen and oxygen atoms in total. The van der Waals surface area contributed by atoms with Gasteiger partial charge in [0.2, 0.25) is 0 Å². The molecule has 2 unspecified atom stereocenters. The van der Waals surface area contributed by atoms with Crippen molar-refractivity contribution in [3.05, 3.63) is 58.1 Å². The minimum absolute atomic E-state index is 0.145. The number of aryl methyl sites for hydroxylation is 2. The van der Waals surface area contributed by atoms with E-state index >= 15 is 0 Å². The second kappa shape index (κ2) is 9.17. The Balaban J connectivity index is 1.68. The summed E-state index contributed by atoms with van der Waals surface area (Å²) in [6, 6.07) is 7.85. The normalized spacial score (nSPS) is 17.6. The van der Waals surface area contributed by atoms with Gasteiger partial charge in [-0.25, -0.2) is 17.9 Å². The van der Waals surface area contributed by atoms with Crippen molar-refractivity contribution >= 4 is 32.7 Å². The highest BCUT2D eigenvalue weighted by Crippen LogP contribution is 2.38. The molecule has 33 heavy (non-hydrogen) atoms. The molecule has 2 aliphatic carbocycles. The van der Waals surface area contributed by atoms with Crippen molar-refractivity contribution in [1.82, 2.24) is 4.72 Å². The summed E-state index contributed by atoms with van der Waals surface area (Å²) in [5.74, 6) is -0.623. The summed E-state index contributed by atoms with van der Waals surface area (Å²) in [6.07, 6.45) is 5.80. The molecule has 0 saturated heterocycles. The summed E-state index contributed by atoms with van der Waals surface area (Å²) in [4.78, 5) is 13.2. The van der Waals surface area contributed by atoms with Crippen LogP contribution < -0.4 is 10.0 Å². The number of rotatable bonds is 6. The van der Waals surface area contributed by atoms with Gasteiger partial charge in [-0.05, 0) is 92.3 Å². The largest absolute Gasteiger partial charge is 0.386 e. The smallest absolute Gasteiger partial charge is 0.331 e. The van der Waals surface area contributed by atoms with Gasteiger partial charge in [-0.3, -0.25) is 0 Å². The molecule has 2 aliphatic rings. The molecule has 4 rings (SSSR count). The van der Waals surface area contributed by atoms with E-state index in [-0.39, 0.29) is 4.90 Å². The molecular formula is C23H29N3O5S2. The SMILES string of the molecule is CC(C)(O)c1cccc(S(=O)(=NCS(=O)O)NC(=O)Nc2c3c(cc4c2CCC4)CCC3)c1. The third-order valence-electron chi connectivity index (χ3n) is 6.15. The van der Waals surface area contributed by atoms with Gasteiger partial charge in [0.05, 0.1) is 10.5 Å². The Bertz CT molecular complexity index is 1210. The van der Waals surface area contributed by atoms with Crippen molar-refractivity contribution in [2.75, 3.05) is 11.2 Å². The maximum Gasteiger partial charge on any atom is 0.331 e. The van der Waals surface area contributed by atoms with Crippen molar-refractivity contribution in [3.63, 3.8) is 0 Å². The molecule has 4 N–H and O–H groups in total. The zero-order valence-corrected chi connectivity index (χ0v) is 20.4. The van der Waals surface area contributed by atoms with Gasteiger partial charge in [0.25, 0.3) is 0 Å². The van der Waals surface area contributed by atoms with E-state index in [9.17, 15) is 22.9 Å². The predicted molar refractivity (Wildman–Crippen MR) is 129 cm³/mol. The monoisotopic (exact) mass is 491 g/mol. The quantitative estimate of drug-likeness (QED) is 0.459. The van der Waals surface area contributed by atoms with E-state index < -0.39 is 38.5 Å². The van der Waals surface area contributed by atoms with E-state index in [0.29, 0.717) is 5.56 Å². The number of carbonyl (C=O) groups is 1. The number of urea groups is 1. The van der Waals surface area contributed by atoms with Crippen LogP contribution in [0, 0.1) is 0 Å². The first-order chi connectivity index (χ1) is 15.6. The summed E-state index contributed by atoms with van der Waals surface area (Å²) < 4.78 is 40.6. The van der Waals surface area contributed by atoms with Gasteiger partial charge in [-0.2, -0.15) is 4.36 Å². The Hall–Kier alpha value is -2.27. The number of amides is 2. The van der Waals surface area contributed by atoms with E-state index in [1.807, 2.05) is 0 Å². The molecule has 2 aromatic carbocycles. The van der Waals surface area contributed by atoms with E-state index in [4.69, 9.17) is 0 Å². The molecule has 10 heteroatoms. The van der Waals surface area contributed by atoms with Gasteiger partial charge in [-0.1, -0.05) is 18.2 Å². The first-order valence-corrected chi connectivity index (χ1v) is 13.7. The molecule has 0 radical (unpaired) electrons. The Morgan fingerprint density at radius 2 is 1.76 bits per heavy atom. The van der Waals surface area contributed by atoms with Crippen LogP contribution in [0.4, 0.5) is 10.5 Å². The van der Waals surface area contributed by atoms with Crippen LogP contribution in [0.5, 0.6) is 0 Å². The Morgan fingerprint density at radius 3 is 2.33 bits per heavy atom. The number of benzene rings is 2. The van der Waals surface area contributed by atoms with Crippen molar-refractivity contribution in [3.8, 4) is 0 Å². The van der Waals surface area contributed by atoms with Gasteiger partial charge in [0, 0.05) is 5.69 Å². The van der Waals surface area contributed by atoms with Crippen LogP contribution in [0.15, 0.2) is 39.6 Å². The lowest BCUT2D eigenvalue weighted by molar-refractivity contribution is 0.0784. The van der Waals surface area contributed by atoms with Gasteiger partial charge in [-0.15, -0.1) is 0 Å². The molecule has 0 bridgehead atoms. The highest BCUT2D eigenvalue weighted by atomic mass is 32.2. The van der Waals surface area contributed by atoms with Crippen LogP contribution in [-0.2, 0) is 52.3 Å². The van der Waals surface area contributed by atoms with E-state index in [2.05, 4.69) is 20.5 Å². The highest BCUT2D eigenvalue weighted by Gasteiger charge is 2.27. The molecule has 0 aliphatic heterocycles. The van der Waals surface area contributed by atoms with Crippen molar-refractivity contribution < 1.29 is 22.9 Å². The lowest BCUT2D eigenvalue weighted by Crippen LogP contribution is -2.35. The number of nitrogens with zero attached hydrogens (tertiary/aromatic N) is 1. The average molecular weight is 492 g/mol. The predicted octanol–water partition coefficient (Wildman–Crippen LogP) is 3.63. The van der Waals surface area contributed by atoms with Gasteiger partial charge in [0.15, 0.2) is 26.9 Å². The lowest BCUT2D eigenvalue weighted by atomic mass is 9.99. The molecule has 2 amide bonds. The maximum absolute atomic E-state index is 13.8. The van der Waals surface area contributed by atoms with E-state index in [1.165, 1.54) is 23.3 Å². The van der Waals surface area contributed by atoms with Gasteiger partial charge in [0.1, 0.15) is 0 Å². The highest BCUT2D eigenvalue weighted by molar-refractivity contribution is 7.92. The Morgan fingerprint density at radius 1 is 1.12 bits per heavy atom. The third-order valence-corrected chi connectivity index (χ3v) is 8.51. The summed E-state index contributed by atoms with van der Waals surface area (Å²) in [6.45, 7) is 3.18. The van der Waals surface area contributed by atoms with Crippen molar-refractivity contribution in [2.45, 2.75) is 62.9 Å². The van der Waals surface area contributed by atoms with Crippen molar-refractivity contribution in [1.29, 1.82) is 0 Å². The lowest BCUT2D eigenvalue weighted by Gasteiger charge is -2.20. The second-order valence-electron chi connectivity index (χ2n) is 8.98. The van der Waals surface area contributed by atoms with Gasteiger partial charge >= 0.3 is 6.03 Å². The summed E-state index contributed by atoms with van der Waals surface area (Å²) in [7, 11) is -3.59. The second-order valence-corrected chi connectivity index (χ2v) is 11.9. The summed E-state index contributed by atoms with van der Waals surface area (Å²) in [5.41, 5.74) is 4.85. The fourth-order valence-corrected chi connectivity index (χ4v) is 6.70. The minimum Gasteiger partial charge on any atom is -0.386 e. The van der Waals surface area contributed by atoms with Crippen LogP contribution in [0.25, 0.3) is 0 Å². The fraction of sp³-hybridized carbons (Fsp3) is 0.435. The van der Waals surface area contributed by atoms with Crippen LogP contribution in [-0.4, -0.2) is 30.0 Å². The number of nitrogens with one attached hydrogen (secondary N) is 2. The average Bonchev–Trinajstić information content (AvgIpc) is 3.41. The van der Waals surface area contributed by atoms with E-state index in [1.54, 1.807) is 26.0 Å². The van der Waals surface area contributed by atoms with Crippen LogP contribution in [0.3, 0.4) is 0 Å². The van der Waals surface area contributed by atoms with Crippen molar-refractivity contribution in [2.24, 2.45) is 4.36 Å². The molecule has 2 atom stereocenters. The van der Waals surface area contributed by atoms with Gasteiger partial charge < -0.3 is 15.0 Å². The Labute approximate surface area is 196 Å². The molecule has 0 fully saturated rings. The van der Waals surface area contributed by atoms with E-state index in [0.717, 1.165) is 55.3 Å². The fourth-order valence-electron chi connectivity index (χ4n) is 4.57. The first kappa shape index (κ1) is 23.9. The zero-order valence-electron chi connectivity index (χ0n) is 18.7. The molecular weight excluding hydrogens is 462 g/mol. The zero-order chi connectivity index (χ0) is 23.8. The number of carbonyl (C=O) groups excluding carboxylic acids is 1. The van der Waals surface area contributed by atoms with Crippen LogP contribution in [0.1, 0.15) is 54.5 Å². The molecule has 0 saturated carbocycles. The third kappa shape index (κ3) is 5.13. The molecule has 2 aromatic rings. The molecule has 0 spiro atoms. The number of anilines is 1. The number of fused-ring (bicyclic) bond motifs is 2. The van der Waals surface area contributed by atoms with Crippen LogP contribution >= 0.6 is 0 Å². The summed E-state index contributed by atoms with van der Waals surface area (Å²) >= 11 is -2.33. The number of hydrogen-bond acceptors (Lipinski definition) is 5.